The average Bonchev–Trinajstić information content (AvgIpc) is 3.16. The predicted molar refractivity (Wildman–Crippen MR) is 76.9 cm³/mol. The van der Waals surface area contributed by atoms with E-state index in [0.717, 1.165) is 12.8 Å². The van der Waals surface area contributed by atoms with Crippen LogP contribution in [0.5, 0.6) is 0 Å². The number of nitrogens with zero attached hydrogens (tertiary/aromatic N) is 2. The molecule has 0 spiro atoms. The third kappa shape index (κ3) is 3.03. The second-order valence-corrected chi connectivity index (χ2v) is 7.15. The van der Waals surface area contributed by atoms with Crippen LogP contribution < -0.4 is 0 Å². The lowest BCUT2D eigenvalue weighted by Crippen LogP contribution is -2.36. The molecule has 1 saturated carbocycles. The fourth-order valence-corrected chi connectivity index (χ4v) is 3.87. The number of aromatic amines is 1. The van der Waals surface area contributed by atoms with Crippen molar-refractivity contribution in [3.8, 4) is 0 Å². The Balaban J connectivity index is 1.82. The molecule has 1 aliphatic rings. The van der Waals surface area contributed by atoms with E-state index in [0.29, 0.717) is 5.56 Å². The van der Waals surface area contributed by atoms with Crippen molar-refractivity contribution in [2.45, 2.75) is 30.0 Å². The molecule has 8 heteroatoms. The second-order valence-electron chi connectivity index (χ2n) is 5.29. The van der Waals surface area contributed by atoms with Crippen LogP contribution in [0.2, 0.25) is 0 Å². The van der Waals surface area contributed by atoms with Gasteiger partial charge in [-0.1, -0.05) is 12.1 Å². The fraction of sp³-hybridized carbons (Fsp3) is 0.357. The van der Waals surface area contributed by atoms with Gasteiger partial charge in [-0.3, -0.25) is 0 Å². The van der Waals surface area contributed by atoms with Crippen LogP contribution in [0.3, 0.4) is 0 Å². The number of aliphatic hydroxyl groups is 1. The SMILES string of the molecule is O=S(=O)(c1cnc[nH]1)N(C[C@@H](O)c1ccc(F)cc1)C1CC1. The van der Waals surface area contributed by atoms with Crippen molar-refractivity contribution in [3.63, 3.8) is 0 Å². The normalized spacial score (nSPS) is 16.9. The number of rotatable bonds is 6. The van der Waals surface area contributed by atoms with E-state index in [1.54, 1.807) is 0 Å². The fourth-order valence-electron chi connectivity index (χ4n) is 2.28. The average molecular weight is 325 g/mol. The number of hydrogen-bond donors (Lipinski definition) is 2. The molecule has 1 atom stereocenters. The van der Waals surface area contributed by atoms with Gasteiger partial charge in [-0.2, -0.15) is 4.31 Å². The lowest BCUT2D eigenvalue weighted by molar-refractivity contribution is 0.145. The largest absolute Gasteiger partial charge is 0.387 e. The lowest BCUT2D eigenvalue weighted by atomic mass is 10.1. The first kappa shape index (κ1) is 15.1. The highest BCUT2D eigenvalue weighted by molar-refractivity contribution is 7.89. The van der Waals surface area contributed by atoms with Gasteiger partial charge in [0.2, 0.25) is 0 Å². The summed E-state index contributed by atoms with van der Waals surface area (Å²) in [5.74, 6) is -0.403. The number of imidazole rings is 1. The molecule has 0 bridgehead atoms. The predicted octanol–water partition coefficient (Wildman–Crippen LogP) is 1.44. The summed E-state index contributed by atoms with van der Waals surface area (Å²) in [4.78, 5) is 6.32. The number of aliphatic hydroxyl groups excluding tert-OH is 1. The highest BCUT2D eigenvalue weighted by Crippen LogP contribution is 2.33. The second kappa shape index (κ2) is 5.79. The highest BCUT2D eigenvalue weighted by atomic mass is 32.2. The standard InChI is InChI=1S/C14H16FN3O3S/c15-11-3-1-10(2-4-11)13(19)8-18(12-5-6-12)22(20,21)14-7-16-9-17-14/h1-4,7,9,12-13,19H,5-6,8H2,(H,16,17)/t13-/m1/s1. The van der Waals surface area contributed by atoms with Gasteiger partial charge >= 0.3 is 0 Å². The first-order valence-electron chi connectivity index (χ1n) is 6.92. The molecule has 1 heterocycles. The van der Waals surface area contributed by atoms with E-state index in [-0.39, 0.29) is 17.6 Å². The van der Waals surface area contributed by atoms with E-state index < -0.39 is 21.9 Å². The molecule has 6 nitrogen and oxygen atoms in total. The number of hydrogen-bond acceptors (Lipinski definition) is 4. The zero-order valence-electron chi connectivity index (χ0n) is 11.7. The van der Waals surface area contributed by atoms with Crippen molar-refractivity contribution in [3.05, 3.63) is 48.2 Å². The van der Waals surface area contributed by atoms with Crippen molar-refractivity contribution in [2.24, 2.45) is 0 Å². The first-order chi connectivity index (χ1) is 10.5. The van der Waals surface area contributed by atoms with Gasteiger partial charge in [0, 0.05) is 12.6 Å². The highest BCUT2D eigenvalue weighted by Gasteiger charge is 2.39. The molecule has 2 aromatic rings. The summed E-state index contributed by atoms with van der Waals surface area (Å²) in [6.45, 7) is -0.0718. The molecule has 2 N–H and O–H groups in total. The maximum atomic E-state index is 12.9. The molecule has 0 radical (unpaired) electrons. The summed E-state index contributed by atoms with van der Waals surface area (Å²) in [6, 6.07) is 5.28. The topological polar surface area (TPSA) is 86.3 Å². The summed E-state index contributed by atoms with van der Waals surface area (Å²) >= 11 is 0. The third-order valence-electron chi connectivity index (χ3n) is 3.62. The maximum absolute atomic E-state index is 12.9. The van der Waals surface area contributed by atoms with Crippen LogP contribution in [0.4, 0.5) is 4.39 Å². The molecule has 0 amide bonds. The Bertz CT molecular complexity index is 727. The van der Waals surface area contributed by atoms with E-state index >= 15 is 0 Å². The van der Waals surface area contributed by atoms with Gasteiger partial charge < -0.3 is 10.1 Å². The lowest BCUT2D eigenvalue weighted by Gasteiger charge is -2.24. The summed E-state index contributed by atoms with van der Waals surface area (Å²) in [5, 5.41) is 10.3. The van der Waals surface area contributed by atoms with Gasteiger partial charge in [-0.25, -0.2) is 17.8 Å². The smallest absolute Gasteiger partial charge is 0.260 e. The Kier molecular flexibility index (Phi) is 3.98. The molecule has 0 aliphatic heterocycles. The molecular formula is C14H16FN3O3S. The third-order valence-corrected chi connectivity index (χ3v) is 5.47. The van der Waals surface area contributed by atoms with Crippen LogP contribution in [-0.4, -0.2) is 40.4 Å². The molecule has 0 unspecified atom stereocenters. The number of nitrogens with one attached hydrogen (secondary N) is 1. The molecule has 0 saturated heterocycles. The van der Waals surface area contributed by atoms with Gasteiger partial charge in [0.05, 0.1) is 18.6 Å². The van der Waals surface area contributed by atoms with E-state index in [1.807, 2.05) is 0 Å². The van der Waals surface area contributed by atoms with E-state index in [9.17, 15) is 17.9 Å². The van der Waals surface area contributed by atoms with Crippen molar-refractivity contribution in [1.29, 1.82) is 0 Å². The van der Waals surface area contributed by atoms with Crippen LogP contribution >= 0.6 is 0 Å². The number of aromatic nitrogens is 2. The first-order valence-corrected chi connectivity index (χ1v) is 8.36. The van der Waals surface area contributed by atoms with Crippen molar-refractivity contribution in [2.75, 3.05) is 6.54 Å². The minimum atomic E-state index is -3.72. The Morgan fingerprint density at radius 1 is 1.36 bits per heavy atom. The van der Waals surface area contributed by atoms with E-state index in [4.69, 9.17) is 0 Å². The van der Waals surface area contributed by atoms with Crippen LogP contribution in [-0.2, 0) is 10.0 Å². The molecule has 1 fully saturated rings. The molecule has 1 aromatic carbocycles. The van der Waals surface area contributed by atoms with Gasteiger partial charge in [0.15, 0.2) is 5.03 Å². The maximum Gasteiger partial charge on any atom is 0.260 e. The molecular weight excluding hydrogens is 309 g/mol. The summed E-state index contributed by atoms with van der Waals surface area (Å²) in [7, 11) is -3.72. The number of halogens is 1. The van der Waals surface area contributed by atoms with Gasteiger partial charge in [-0.15, -0.1) is 0 Å². The van der Waals surface area contributed by atoms with Gasteiger partial charge in [-0.05, 0) is 30.5 Å². The zero-order valence-corrected chi connectivity index (χ0v) is 12.5. The van der Waals surface area contributed by atoms with Gasteiger partial charge in [0.25, 0.3) is 10.0 Å². The molecule has 22 heavy (non-hydrogen) atoms. The van der Waals surface area contributed by atoms with E-state index in [1.165, 1.54) is 41.1 Å². The number of benzene rings is 1. The summed E-state index contributed by atoms with van der Waals surface area (Å²) in [5.41, 5.74) is 0.479. The quantitative estimate of drug-likeness (QED) is 0.841. The Morgan fingerprint density at radius 3 is 2.59 bits per heavy atom. The van der Waals surface area contributed by atoms with Gasteiger partial charge in [0.1, 0.15) is 5.82 Å². The molecule has 1 aromatic heterocycles. The van der Waals surface area contributed by atoms with Crippen molar-refractivity contribution >= 4 is 10.0 Å². The van der Waals surface area contributed by atoms with E-state index in [2.05, 4.69) is 9.97 Å². The summed E-state index contributed by atoms with van der Waals surface area (Å²) < 4.78 is 39.4. The monoisotopic (exact) mass is 325 g/mol. The van der Waals surface area contributed by atoms with Crippen molar-refractivity contribution in [1.82, 2.24) is 14.3 Å². The van der Waals surface area contributed by atoms with Crippen molar-refractivity contribution < 1.29 is 17.9 Å². The Hall–Kier alpha value is -1.77. The minimum absolute atomic E-state index is 0.00528. The molecule has 118 valence electrons. The van der Waals surface area contributed by atoms with Crippen LogP contribution in [0.1, 0.15) is 24.5 Å². The minimum Gasteiger partial charge on any atom is -0.387 e. The zero-order chi connectivity index (χ0) is 15.7. The Morgan fingerprint density at radius 2 is 2.05 bits per heavy atom. The van der Waals surface area contributed by atoms with Crippen LogP contribution in [0, 0.1) is 5.82 Å². The summed E-state index contributed by atoms with van der Waals surface area (Å²) in [6.07, 6.45) is 3.06. The van der Waals surface area contributed by atoms with Crippen LogP contribution in [0.15, 0.2) is 41.8 Å². The molecule has 1 aliphatic carbocycles. The van der Waals surface area contributed by atoms with Crippen LogP contribution in [0.25, 0.3) is 0 Å². The number of H-pyrrole nitrogens is 1. The number of sulfonamides is 1. The molecule has 3 rings (SSSR count). The Labute approximate surface area is 127 Å².